The third kappa shape index (κ3) is 14.2. The van der Waals surface area contributed by atoms with Crippen molar-refractivity contribution in [1.82, 2.24) is 5.32 Å². The minimum absolute atomic E-state index is 0.740. The van der Waals surface area contributed by atoms with Gasteiger partial charge in [-0.3, -0.25) is 5.32 Å². The Morgan fingerprint density at radius 2 is 1.41 bits per heavy atom. The summed E-state index contributed by atoms with van der Waals surface area (Å²) in [6.45, 7) is 2.12. The van der Waals surface area contributed by atoms with E-state index in [0.29, 0.717) is 0 Å². The van der Waals surface area contributed by atoms with Gasteiger partial charge >= 0.3 is 6.09 Å². The minimum atomic E-state index is -1.03. The standard InChI is InChI=1S/C14H21NO2/c1-2-3-4-5-6-7-8-9-10-11-12-13-15-14(16)17/h3-4,6-7,9-10,12-13,15H,2,5,8,11H2,1H3,(H,16,17)/b4-3-,7-6-,10-9-,13-12-. The Hall–Kier alpha value is -1.77. The van der Waals surface area contributed by atoms with E-state index in [9.17, 15) is 4.79 Å². The summed E-state index contributed by atoms with van der Waals surface area (Å²) in [5.74, 6) is 0. The smallest absolute Gasteiger partial charge is 0.408 e. The van der Waals surface area contributed by atoms with Crippen molar-refractivity contribution >= 4 is 6.09 Å². The average Bonchev–Trinajstić information content (AvgIpc) is 2.30. The lowest BCUT2D eigenvalue weighted by atomic mass is 10.2. The molecule has 2 N–H and O–H groups in total. The monoisotopic (exact) mass is 235 g/mol. The molecule has 1 amide bonds. The Morgan fingerprint density at radius 1 is 0.941 bits per heavy atom. The lowest BCUT2D eigenvalue weighted by Crippen LogP contribution is -2.12. The van der Waals surface area contributed by atoms with Crippen LogP contribution in [0.4, 0.5) is 4.79 Å². The van der Waals surface area contributed by atoms with Crippen molar-refractivity contribution in [3.8, 4) is 0 Å². The summed E-state index contributed by atoms with van der Waals surface area (Å²) < 4.78 is 0. The molecule has 0 heterocycles. The van der Waals surface area contributed by atoms with Crippen LogP contribution in [0.1, 0.15) is 32.6 Å². The summed E-state index contributed by atoms with van der Waals surface area (Å²) >= 11 is 0. The number of allylic oxidation sites excluding steroid dienone is 7. The maximum absolute atomic E-state index is 10.1. The molecule has 0 spiro atoms. The van der Waals surface area contributed by atoms with Gasteiger partial charge in [-0.05, 0) is 25.7 Å². The molecule has 0 aromatic heterocycles. The number of amides is 1. The van der Waals surface area contributed by atoms with Crippen LogP contribution in [0.5, 0.6) is 0 Å². The topological polar surface area (TPSA) is 49.3 Å². The van der Waals surface area contributed by atoms with Crippen LogP contribution in [0.3, 0.4) is 0 Å². The Morgan fingerprint density at radius 3 is 1.88 bits per heavy atom. The Labute approximate surface area is 103 Å². The molecule has 0 bridgehead atoms. The third-order valence-electron chi connectivity index (χ3n) is 1.88. The number of carboxylic acid groups (broad SMARTS) is 1. The van der Waals surface area contributed by atoms with Crippen LogP contribution in [0.25, 0.3) is 0 Å². The van der Waals surface area contributed by atoms with Gasteiger partial charge in [-0.2, -0.15) is 0 Å². The van der Waals surface area contributed by atoms with Crippen LogP contribution in [0.15, 0.2) is 48.7 Å². The first-order chi connectivity index (χ1) is 8.27. The van der Waals surface area contributed by atoms with Gasteiger partial charge in [0.25, 0.3) is 0 Å². The Bertz CT molecular complexity index is 301. The van der Waals surface area contributed by atoms with E-state index in [1.165, 1.54) is 6.20 Å². The van der Waals surface area contributed by atoms with E-state index >= 15 is 0 Å². The summed E-state index contributed by atoms with van der Waals surface area (Å²) in [5.41, 5.74) is 0. The lowest BCUT2D eigenvalue weighted by molar-refractivity contribution is 0.198. The molecule has 3 heteroatoms. The number of nitrogens with one attached hydrogen (secondary N) is 1. The summed E-state index contributed by atoms with van der Waals surface area (Å²) in [6, 6.07) is 0. The van der Waals surface area contributed by atoms with Gasteiger partial charge in [0.15, 0.2) is 0 Å². The summed E-state index contributed by atoms with van der Waals surface area (Å²) in [5, 5.41) is 10.4. The fraction of sp³-hybridized carbons (Fsp3) is 0.357. The van der Waals surface area contributed by atoms with Gasteiger partial charge in [0.1, 0.15) is 0 Å². The van der Waals surface area contributed by atoms with E-state index in [0.717, 1.165) is 25.7 Å². The van der Waals surface area contributed by atoms with Gasteiger partial charge in [-0.25, -0.2) is 4.79 Å². The lowest BCUT2D eigenvalue weighted by Gasteiger charge is -1.87. The fourth-order valence-corrected chi connectivity index (χ4v) is 1.08. The van der Waals surface area contributed by atoms with Crippen molar-refractivity contribution in [3.63, 3.8) is 0 Å². The highest BCUT2D eigenvalue weighted by Crippen LogP contribution is 1.93. The summed E-state index contributed by atoms with van der Waals surface area (Å²) in [6.07, 6.45) is 18.5. The molecule has 0 saturated heterocycles. The van der Waals surface area contributed by atoms with Gasteiger partial charge in [0, 0.05) is 6.20 Å². The van der Waals surface area contributed by atoms with Gasteiger partial charge in [-0.15, -0.1) is 0 Å². The van der Waals surface area contributed by atoms with Gasteiger partial charge < -0.3 is 5.11 Å². The molecule has 0 aromatic rings. The SMILES string of the molecule is CC/C=C\C/C=C\C/C=C\C/C=C\NC(=O)O. The predicted octanol–water partition coefficient (Wildman–Crippen LogP) is 4.02. The highest BCUT2D eigenvalue weighted by Gasteiger charge is 1.83. The zero-order chi connectivity index (χ0) is 12.8. The quantitative estimate of drug-likeness (QED) is 0.624. The predicted molar refractivity (Wildman–Crippen MR) is 71.9 cm³/mol. The van der Waals surface area contributed by atoms with Crippen LogP contribution < -0.4 is 5.32 Å². The molecule has 94 valence electrons. The molecule has 0 radical (unpaired) electrons. The van der Waals surface area contributed by atoms with Crippen molar-refractivity contribution in [2.75, 3.05) is 0 Å². The van der Waals surface area contributed by atoms with Gasteiger partial charge in [0.05, 0.1) is 0 Å². The van der Waals surface area contributed by atoms with Crippen LogP contribution >= 0.6 is 0 Å². The maximum Gasteiger partial charge on any atom is 0.408 e. The highest BCUT2D eigenvalue weighted by atomic mass is 16.4. The van der Waals surface area contributed by atoms with Crippen molar-refractivity contribution in [1.29, 1.82) is 0 Å². The first kappa shape index (κ1) is 15.2. The second-order valence-electron chi connectivity index (χ2n) is 3.38. The van der Waals surface area contributed by atoms with E-state index in [4.69, 9.17) is 5.11 Å². The summed E-state index contributed by atoms with van der Waals surface area (Å²) in [4.78, 5) is 10.1. The van der Waals surface area contributed by atoms with Crippen molar-refractivity contribution in [3.05, 3.63) is 48.7 Å². The molecule has 0 aliphatic heterocycles. The molecule has 17 heavy (non-hydrogen) atoms. The van der Waals surface area contributed by atoms with Crippen LogP contribution in [0.2, 0.25) is 0 Å². The van der Waals surface area contributed by atoms with Gasteiger partial charge in [-0.1, -0.05) is 49.5 Å². The molecule has 0 aliphatic carbocycles. The van der Waals surface area contributed by atoms with E-state index in [2.05, 4.69) is 42.6 Å². The maximum atomic E-state index is 10.1. The van der Waals surface area contributed by atoms with E-state index in [-0.39, 0.29) is 0 Å². The average molecular weight is 235 g/mol. The first-order valence-electron chi connectivity index (χ1n) is 5.86. The molecule has 0 unspecified atom stereocenters. The van der Waals surface area contributed by atoms with Crippen LogP contribution in [0, 0.1) is 0 Å². The zero-order valence-corrected chi connectivity index (χ0v) is 10.3. The number of hydrogen-bond donors (Lipinski definition) is 2. The van der Waals surface area contributed by atoms with Crippen molar-refractivity contribution < 1.29 is 9.90 Å². The van der Waals surface area contributed by atoms with E-state index in [1.807, 2.05) is 6.08 Å². The fourth-order valence-electron chi connectivity index (χ4n) is 1.08. The van der Waals surface area contributed by atoms with Crippen molar-refractivity contribution in [2.45, 2.75) is 32.6 Å². The molecule has 0 aromatic carbocycles. The molecular weight excluding hydrogens is 214 g/mol. The Kier molecular flexibility index (Phi) is 11.0. The normalized spacial score (nSPS) is 12.3. The summed E-state index contributed by atoms with van der Waals surface area (Å²) in [7, 11) is 0. The van der Waals surface area contributed by atoms with E-state index in [1.54, 1.807) is 6.08 Å². The molecule has 0 aliphatic rings. The molecule has 0 fully saturated rings. The Balaban J connectivity index is 3.45. The second-order valence-corrected chi connectivity index (χ2v) is 3.38. The molecule has 3 nitrogen and oxygen atoms in total. The zero-order valence-electron chi connectivity index (χ0n) is 10.3. The van der Waals surface area contributed by atoms with Gasteiger partial charge in [0.2, 0.25) is 0 Å². The first-order valence-corrected chi connectivity index (χ1v) is 5.86. The largest absolute Gasteiger partial charge is 0.465 e. The second kappa shape index (κ2) is 12.3. The van der Waals surface area contributed by atoms with Crippen molar-refractivity contribution in [2.24, 2.45) is 0 Å². The van der Waals surface area contributed by atoms with E-state index < -0.39 is 6.09 Å². The minimum Gasteiger partial charge on any atom is -0.465 e. The molecular formula is C14H21NO2. The highest BCUT2D eigenvalue weighted by molar-refractivity contribution is 5.65. The molecule has 0 rings (SSSR count). The third-order valence-corrected chi connectivity index (χ3v) is 1.88. The molecule has 0 atom stereocenters. The number of hydrogen-bond acceptors (Lipinski definition) is 1. The van der Waals surface area contributed by atoms with Crippen LogP contribution in [-0.4, -0.2) is 11.2 Å². The number of carbonyl (C=O) groups is 1. The number of rotatable bonds is 8. The molecule has 0 saturated carbocycles. The van der Waals surface area contributed by atoms with Crippen LogP contribution in [-0.2, 0) is 0 Å².